The molecule has 4 aliphatic rings. The van der Waals surface area contributed by atoms with E-state index < -0.39 is 0 Å². The number of aryl methyl sites for hydroxylation is 1. The Morgan fingerprint density at radius 3 is 2.51 bits per heavy atom. The number of allylic oxidation sites excluding steroid dienone is 3. The zero-order valence-corrected chi connectivity index (χ0v) is 28.1. The monoisotopic (exact) mass is 618 g/mol. The first-order valence-electron chi connectivity index (χ1n) is 16.7. The highest BCUT2D eigenvalue weighted by molar-refractivity contribution is 5.91. The van der Waals surface area contributed by atoms with Gasteiger partial charge in [-0.25, -0.2) is 0 Å². The maximum atomic E-state index is 12.0. The summed E-state index contributed by atoms with van der Waals surface area (Å²) in [4.78, 5) is 35.8. The summed E-state index contributed by atoms with van der Waals surface area (Å²) in [6.45, 7) is 12.4. The lowest BCUT2D eigenvalue weighted by molar-refractivity contribution is -0.159. The maximum Gasteiger partial charge on any atom is 0.305 e. The van der Waals surface area contributed by atoms with Gasteiger partial charge in [-0.15, -0.1) is 0 Å². The minimum Gasteiger partial charge on any atom is -0.507 e. The number of ketones is 1. The minimum absolute atomic E-state index is 0.0411. The number of ether oxygens (including phenoxy) is 2. The summed E-state index contributed by atoms with van der Waals surface area (Å²) in [5.74, 6) is 3.32. The Morgan fingerprint density at radius 1 is 1.07 bits per heavy atom. The van der Waals surface area contributed by atoms with Crippen LogP contribution >= 0.6 is 0 Å². The fraction of sp³-hybridized carbons (Fsp3) is 0.605. The third-order valence-electron chi connectivity index (χ3n) is 11.5. The number of rotatable bonds is 5. The van der Waals surface area contributed by atoms with Crippen LogP contribution in [0.25, 0.3) is 11.0 Å². The van der Waals surface area contributed by atoms with Crippen molar-refractivity contribution in [3.63, 3.8) is 0 Å². The van der Waals surface area contributed by atoms with Gasteiger partial charge >= 0.3 is 5.97 Å². The van der Waals surface area contributed by atoms with Crippen molar-refractivity contribution in [2.24, 2.45) is 28.6 Å². The van der Waals surface area contributed by atoms with Crippen LogP contribution in [0.3, 0.4) is 0 Å². The van der Waals surface area contributed by atoms with Crippen LogP contribution in [0.4, 0.5) is 0 Å². The Bertz CT molecular complexity index is 1590. The second-order valence-electron chi connectivity index (χ2n) is 14.4. The Hall–Kier alpha value is -3.35. The molecule has 6 atom stereocenters. The summed E-state index contributed by atoms with van der Waals surface area (Å²) >= 11 is 0. The van der Waals surface area contributed by atoms with Crippen molar-refractivity contribution in [2.45, 2.75) is 112 Å². The molecule has 45 heavy (non-hydrogen) atoms. The first kappa shape index (κ1) is 33.0. The number of hydrogen-bond donors (Lipinski definition) is 1. The van der Waals surface area contributed by atoms with Crippen molar-refractivity contribution in [1.82, 2.24) is 0 Å². The van der Waals surface area contributed by atoms with Gasteiger partial charge in [-0.05, 0) is 101 Å². The van der Waals surface area contributed by atoms with Crippen LogP contribution in [-0.2, 0) is 20.7 Å². The quantitative estimate of drug-likeness (QED) is 0.266. The second kappa shape index (κ2) is 12.8. The Balaban J connectivity index is 0.000000183. The number of aromatic hydroxyl groups is 1. The number of carbonyl (C=O) groups is 2. The number of methoxy groups -OCH3 is 1. The van der Waals surface area contributed by atoms with Gasteiger partial charge in [-0.3, -0.25) is 14.4 Å². The summed E-state index contributed by atoms with van der Waals surface area (Å²) in [6, 6.07) is 2.84. The predicted octanol–water partition coefficient (Wildman–Crippen LogP) is 8.16. The zero-order chi connectivity index (χ0) is 32.7. The summed E-state index contributed by atoms with van der Waals surface area (Å²) in [7, 11) is 1.53. The molecule has 244 valence electrons. The highest BCUT2D eigenvalue weighted by Crippen LogP contribution is 2.65. The van der Waals surface area contributed by atoms with Crippen LogP contribution in [0, 0.1) is 35.5 Å². The van der Waals surface area contributed by atoms with Gasteiger partial charge in [0.1, 0.15) is 34.3 Å². The van der Waals surface area contributed by atoms with E-state index in [1.807, 2.05) is 32.9 Å². The van der Waals surface area contributed by atoms with E-state index in [1.165, 1.54) is 44.1 Å². The first-order chi connectivity index (χ1) is 21.3. The molecule has 0 radical (unpaired) electrons. The van der Waals surface area contributed by atoms with Crippen molar-refractivity contribution < 1.29 is 28.6 Å². The third-order valence-corrected chi connectivity index (χ3v) is 11.5. The Labute approximate surface area is 267 Å². The molecule has 3 saturated carbocycles. The van der Waals surface area contributed by atoms with E-state index in [9.17, 15) is 19.5 Å². The first-order valence-corrected chi connectivity index (χ1v) is 16.7. The molecule has 1 aromatic heterocycles. The van der Waals surface area contributed by atoms with E-state index in [1.54, 1.807) is 6.92 Å². The van der Waals surface area contributed by atoms with Gasteiger partial charge < -0.3 is 19.0 Å². The molecule has 7 nitrogen and oxygen atoms in total. The lowest BCUT2D eigenvalue weighted by atomic mass is 9.47. The highest BCUT2D eigenvalue weighted by atomic mass is 16.5. The molecule has 0 saturated heterocycles. The fourth-order valence-electron chi connectivity index (χ4n) is 9.09. The van der Waals surface area contributed by atoms with Crippen molar-refractivity contribution in [3.05, 3.63) is 57.0 Å². The van der Waals surface area contributed by atoms with E-state index in [2.05, 4.69) is 13.8 Å². The molecule has 1 N–H and O–H groups in total. The molecule has 7 heteroatoms. The molecule has 0 aliphatic heterocycles. The topological polar surface area (TPSA) is 103 Å². The lowest BCUT2D eigenvalue weighted by Crippen LogP contribution is -2.51. The molecule has 0 spiro atoms. The number of hydrogen-bond acceptors (Lipinski definition) is 7. The smallest absolute Gasteiger partial charge is 0.305 e. The second-order valence-corrected chi connectivity index (χ2v) is 14.4. The molecule has 4 aliphatic carbocycles. The van der Waals surface area contributed by atoms with Crippen molar-refractivity contribution in [1.29, 1.82) is 0 Å². The van der Waals surface area contributed by atoms with Crippen LogP contribution in [0.5, 0.6) is 11.5 Å². The Kier molecular flexibility index (Phi) is 9.40. The zero-order valence-electron chi connectivity index (χ0n) is 28.1. The van der Waals surface area contributed by atoms with E-state index in [-0.39, 0.29) is 39.5 Å². The van der Waals surface area contributed by atoms with Gasteiger partial charge in [-0.2, -0.15) is 0 Å². The number of carbonyl (C=O) groups excluding carboxylic acids is 2. The average Bonchev–Trinajstić information content (AvgIpc) is 3.32. The molecule has 0 bridgehead atoms. The molecule has 6 rings (SSSR count). The predicted molar refractivity (Wildman–Crippen MR) is 175 cm³/mol. The van der Waals surface area contributed by atoms with E-state index in [4.69, 9.17) is 13.9 Å². The summed E-state index contributed by atoms with van der Waals surface area (Å²) in [5.41, 5.74) is 3.89. The van der Waals surface area contributed by atoms with Gasteiger partial charge in [0.15, 0.2) is 11.2 Å². The van der Waals surface area contributed by atoms with Crippen LogP contribution in [0.1, 0.15) is 104 Å². The fourth-order valence-corrected chi connectivity index (χ4v) is 9.09. The van der Waals surface area contributed by atoms with Crippen LogP contribution < -0.4 is 10.2 Å². The number of benzene rings is 1. The Morgan fingerprint density at radius 2 is 1.82 bits per heavy atom. The normalized spacial score (nSPS) is 30.2. The number of fused-ring (bicyclic) bond motifs is 6. The molecule has 1 aromatic carbocycles. The van der Waals surface area contributed by atoms with Crippen LogP contribution in [-0.4, -0.2) is 30.1 Å². The van der Waals surface area contributed by atoms with Crippen LogP contribution in [0.15, 0.2) is 44.6 Å². The minimum atomic E-state index is -0.248. The molecular weight excluding hydrogens is 568 g/mol. The number of esters is 1. The molecule has 3 fully saturated rings. The number of phenolic OH excluding ortho intramolecular Hbond substituents is 1. The SMILES string of the molecule is CCC(=O)OC1CCC2C3CCC4=CC(=O)CCC4(C)C3CCC12C.COc1cc(O)c2c(=O)cc(C)oc2c1CC=C(C)C. The van der Waals surface area contributed by atoms with E-state index in [0.717, 1.165) is 49.2 Å². The van der Waals surface area contributed by atoms with Crippen molar-refractivity contribution in [2.75, 3.05) is 7.11 Å². The van der Waals surface area contributed by atoms with E-state index in [0.29, 0.717) is 47.6 Å². The number of phenols is 1. The summed E-state index contributed by atoms with van der Waals surface area (Å²) in [5, 5.41) is 10.2. The lowest BCUT2D eigenvalue weighted by Gasteiger charge is -2.57. The van der Waals surface area contributed by atoms with Crippen LogP contribution in [0.2, 0.25) is 0 Å². The maximum absolute atomic E-state index is 12.0. The summed E-state index contributed by atoms with van der Waals surface area (Å²) < 4.78 is 16.8. The summed E-state index contributed by atoms with van der Waals surface area (Å²) in [6.07, 6.45) is 13.9. The van der Waals surface area contributed by atoms with Gasteiger partial charge in [0.25, 0.3) is 0 Å². The average molecular weight is 619 g/mol. The van der Waals surface area contributed by atoms with Gasteiger partial charge in [0.2, 0.25) is 0 Å². The van der Waals surface area contributed by atoms with Gasteiger partial charge in [-0.1, -0.05) is 38.0 Å². The largest absolute Gasteiger partial charge is 0.507 e. The van der Waals surface area contributed by atoms with Crippen molar-refractivity contribution in [3.8, 4) is 11.5 Å². The van der Waals surface area contributed by atoms with E-state index >= 15 is 0 Å². The third kappa shape index (κ3) is 6.12. The molecular formula is C38H50O7. The standard InChI is InChI=1S/C22H32O3.C16H18O4/c1-4-20(24)25-19-8-7-17-16-6-5-14-13-15(23)9-11-21(14,2)18(16)10-12-22(17,19)3;1-9(2)5-6-11-14(19-4)8-13(18)15-12(17)7-10(3)20-16(11)15/h13,16-19H,4-12H2,1-3H3;5,7-8,18H,6H2,1-4H3. The molecule has 2 aromatic rings. The highest BCUT2D eigenvalue weighted by Gasteiger charge is 2.59. The van der Waals surface area contributed by atoms with Gasteiger partial charge in [0.05, 0.1) is 7.11 Å². The molecule has 1 heterocycles. The molecule has 0 amide bonds. The van der Waals surface area contributed by atoms with Gasteiger partial charge in [0, 0.05) is 36.0 Å². The molecule has 6 unspecified atom stereocenters. The van der Waals surface area contributed by atoms with Crippen molar-refractivity contribution >= 4 is 22.7 Å².